The van der Waals surface area contributed by atoms with Crippen molar-refractivity contribution in [3.05, 3.63) is 19.1 Å². The molecule has 0 aromatic heterocycles. The Morgan fingerprint density at radius 1 is 1.50 bits per heavy atom. The van der Waals surface area contributed by atoms with Gasteiger partial charge in [-0.3, -0.25) is 0 Å². The Bertz CT molecular complexity index is 47.5. The van der Waals surface area contributed by atoms with Crippen LogP contribution in [-0.2, 0) is 0 Å². The third kappa shape index (κ3) is 3.60. The number of hydrogen-bond donors (Lipinski definition) is 0. The first kappa shape index (κ1) is 5.60. The van der Waals surface area contributed by atoms with Crippen molar-refractivity contribution in [1.29, 1.82) is 0 Å². The van der Waals surface area contributed by atoms with E-state index in [0.29, 0.717) is 0 Å². The summed E-state index contributed by atoms with van der Waals surface area (Å²) in [6.07, 6.45) is -0.549. The summed E-state index contributed by atoms with van der Waals surface area (Å²) in [7, 11) is 0. The summed E-state index contributed by atoms with van der Waals surface area (Å²) in [5.41, 5.74) is 0. The highest BCUT2D eigenvalue weighted by Crippen LogP contribution is 1.90. The zero-order valence-electron chi connectivity index (χ0n) is 3.20. The first-order valence-electron chi connectivity index (χ1n) is 1.51. The lowest BCUT2D eigenvalue weighted by atomic mass is 10.6. The highest BCUT2D eigenvalue weighted by atomic mass is 19.3. The van der Waals surface area contributed by atoms with Crippen LogP contribution in [0.5, 0.6) is 0 Å². The second-order valence-electron chi connectivity index (χ2n) is 0.763. The van der Waals surface area contributed by atoms with Gasteiger partial charge in [0.2, 0.25) is 0 Å². The van der Waals surface area contributed by atoms with Crippen molar-refractivity contribution in [2.45, 2.75) is 6.43 Å². The van der Waals surface area contributed by atoms with Crippen LogP contribution in [0.2, 0.25) is 0 Å². The van der Waals surface area contributed by atoms with Gasteiger partial charge in [-0.25, -0.2) is 8.78 Å². The van der Waals surface area contributed by atoms with Gasteiger partial charge in [0.05, 0.1) is 0 Å². The van der Waals surface area contributed by atoms with E-state index in [-0.39, 0.29) is 0 Å². The summed E-state index contributed by atoms with van der Waals surface area (Å²) < 4.78 is 21.8. The van der Waals surface area contributed by atoms with E-state index in [4.69, 9.17) is 0 Å². The molecule has 0 aliphatic heterocycles. The van der Waals surface area contributed by atoms with Crippen molar-refractivity contribution in [2.24, 2.45) is 0 Å². The molecule has 0 aromatic carbocycles. The summed E-state index contributed by atoms with van der Waals surface area (Å²) in [4.78, 5) is 0. The van der Waals surface area contributed by atoms with E-state index >= 15 is 0 Å². The second kappa shape index (κ2) is 2.82. The Morgan fingerprint density at radius 3 is 2.00 bits per heavy atom. The van der Waals surface area contributed by atoms with Gasteiger partial charge < -0.3 is 0 Å². The average molecular weight is 91.1 g/mol. The van der Waals surface area contributed by atoms with Gasteiger partial charge in [0.15, 0.2) is 0 Å². The zero-order valence-corrected chi connectivity index (χ0v) is 3.20. The van der Waals surface area contributed by atoms with E-state index in [1.165, 1.54) is 0 Å². The summed E-state index contributed by atoms with van der Waals surface area (Å²) in [5, 5.41) is 0. The van der Waals surface area contributed by atoms with Crippen molar-refractivity contribution in [3.63, 3.8) is 0 Å². The van der Waals surface area contributed by atoms with Crippen LogP contribution in [0, 0.1) is 6.92 Å². The van der Waals surface area contributed by atoms with E-state index < -0.39 is 6.43 Å². The number of allylic oxidation sites excluding steroid dienone is 2. The summed E-state index contributed by atoms with van der Waals surface area (Å²) in [6.45, 7) is 3.07. The quantitative estimate of drug-likeness (QED) is 0.460. The predicted octanol–water partition coefficient (Wildman–Crippen LogP) is 1.64. The molecule has 0 bridgehead atoms. The lowest BCUT2D eigenvalue weighted by Gasteiger charge is -1.78. The van der Waals surface area contributed by atoms with Crippen LogP contribution in [0.3, 0.4) is 0 Å². The number of rotatable bonds is 1. The molecule has 0 heterocycles. The smallest absolute Gasteiger partial charge is 0.206 e. The van der Waals surface area contributed by atoms with E-state index in [0.717, 1.165) is 12.2 Å². The Kier molecular flexibility index (Phi) is 2.63. The lowest BCUT2D eigenvalue weighted by molar-refractivity contribution is 0.204. The molecule has 0 rings (SSSR count). The maximum atomic E-state index is 10.9. The van der Waals surface area contributed by atoms with E-state index in [1.807, 2.05) is 0 Å². The van der Waals surface area contributed by atoms with Gasteiger partial charge >= 0.3 is 0 Å². The molecule has 0 spiro atoms. The fourth-order valence-electron chi connectivity index (χ4n) is 0.103. The third-order valence-electron chi connectivity index (χ3n) is 0.282. The maximum Gasteiger partial charge on any atom is 0.257 e. The van der Waals surface area contributed by atoms with Crippen LogP contribution < -0.4 is 0 Å². The van der Waals surface area contributed by atoms with Gasteiger partial charge in [-0.2, -0.15) is 0 Å². The Morgan fingerprint density at radius 2 is 2.00 bits per heavy atom. The highest BCUT2D eigenvalue weighted by Gasteiger charge is 1.87. The van der Waals surface area contributed by atoms with Crippen LogP contribution in [-0.4, -0.2) is 6.43 Å². The van der Waals surface area contributed by atoms with Crippen molar-refractivity contribution in [1.82, 2.24) is 0 Å². The molecule has 0 amide bonds. The van der Waals surface area contributed by atoms with Crippen LogP contribution in [0.1, 0.15) is 0 Å². The summed E-state index contributed by atoms with van der Waals surface area (Å²) in [6, 6.07) is 0. The van der Waals surface area contributed by atoms with Crippen LogP contribution in [0.25, 0.3) is 0 Å². The molecule has 0 N–H and O–H groups in total. The molecule has 0 aliphatic carbocycles. The number of hydrogen-bond acceptors (Lipinski definition) is 0. The molecule has 0 saturated heterocycles. The molecule has 0 atom stereocenters. The van der Waals surface area contributed by atoms with Crippen molar-refractivity contribution in [2.75, 3.05) is 0 Å². The van der Waals surface area contributed by atoms with Gasteiger partial charge in [-0.15, -0.1) is 0 Å². The van der Waals surface area contributed by atoms with Gasteiger partial charge in [-0.05, 0) is 13.0 Å². The molecule has 1 radical (unpaired) electrons. The topological polar surface area (TPSA) is 0 Å². The van der Waals surface area contributed by atoms with Gasteiger partial charge in [-0.1, -0.05) is 6.08 Å². The molecule has 0 nitrogen and oxygen atoms in total. The Balaban J connectivity index is 3.03. The van der Waals surface area contributed by atoms with Gasteiger partial charge in [0, 0.05) is 0 Å². The summed E-state index contributed by atoms with van der Waals surface area (Å²) in [5.74, 6) is 0. The van der Waals surface area contributed by atoms with E-state index in [1.54, 1.807) is 0 Å². The zero-order chi connectivity index (χ0) is 4.99. The molecule has 2 heteroatoms. The molecule has 0 aromatic rings. The largest absolute Gasteiger partial charge is 0.257 e. The molecule has 0 aliphatic rings. The summed E-state index contributed by atoms with van der Waals surface area (Å²) >= 11 is 0. The Labute approximate surface area is 35.5 Å². The average Bonchev–Trinajstić information content (AvgIpc) is 1.35. The minimum atomic E-state index is -2.34. The number of halogens is 2. The fraction of sp³-hybridized carbons (Fsp3) is 0.250. The lowest BCUT2D eigenvalue weighted by Crippen LogP contribution is -1.76. The van der Waals surface area contributed by atoms with E-state index in [9.17, 15) is 8.78 Å². The normalized spacial score (nSPS) is 11.3. The Hall–Kier alpha value is -0.400. The van der Waals surface area contributed by atoms with Crippen LogP contribution in [0.15, 0.2) is 12.2 Å². The van der Waals surface area contributed by atoms with Crippen molar-refractivity contribution < 1.29 is 8.78 Å². The molecule has 0 fully saturated rings. The minimum Gasteiger partial charge on any atom is -0.206 e. The van der Waals surface area contributed by atoms with Crippen LogP contribution >= 0.6 is 0 Å². The first-order chi connectivity index (χ1) is 2.77. The first-order valence-corrected chi connectivity index (χ1v) is 1.51. The van der Waals surface area contributed by atoms with Crippen molar-refractivity contribution >= 4 is 0 Å². The fourth-order valence-corrected chi connectivity index (χ4v) is 0.103. The standard InChI is InChI=1S/C4H5F2/c1-2-3-4(5)6/h2-4H,1H2/b3-2+. The SMILES string of the molecule is [CH2]/C=C/C(F)F. The molecule has 0 unspecified atom stereocenters. The molecule has 35 valence electrons. The maximum absolute atomic E-state index is 10.9. The molecular weight excluding hydrogens is 86.0 g/mol. The van der Waals surface area contributed by atoms with Crippen LogP contribution in [0.4, 0.5) is 8.78 Å². The molecule has 0 saturated carbocycles. The van der Waals surface area contributed by atoms with Crippen molar-refractivity contribution in [3.8, 4) is 0 Å². The van der Waals surface area contributed by atoms with Gasteiger partial charge in [0.25, 0.3) is 6.43 Å². The second-order valence-corrected chi connectivity index (χ2v) is 0.763. The minimum absolute atomic E-state index is 0.722. The third-order valence-corrected chi connectivity index (χ3v) is 0.282. The monoisotopic (exact) mass is 91.0 g/mol. The van der Waals surface area contributed by atoms with Gasteiger partial charge in [0.1, 0.15) is 0 Å². The predicted molar refractivity (Wildman–Crippen MR) is 20.5 cm³/mol. The molecule has 6 heavy (non-hydrogen) atoms. The molecular formula is C4H5F2. The highest BCUT2D eigenvalue weighted by molar-refractivity contribution is 4.85. The number of alkyl halides is 2. The van der Waals surface area contributed by atoms with E-state index in [2.05, 4.69) is 6.92 Å².